The molecule has 4 aromatic rings. The Bertz CT molecular complexity index is 1450. The number of hydrogen-bond donors (Lipinski definition) is 1. The summed E-state index contributed by atoms with van der Waals surface area (Å²) < 4.78 is 0. The molecule has 1 saturated heterocycles. The number of pyridine rings is 1. The van der Waals surface area contributed by atoms with Gasteiger partial charge in [-0.1, -0.05) is 83.4 Å². The van der Waals surface area contributed by atoms with Gasteiger partial charge >= 0.3 is 0 Å². The predicted molar refractivity (Wildman–Crippen MR) is 138 cm³/mol. The van der Waals surface area contributed by atoms with E-state index < -0.39 is 6.17 Å². The fraction of sp³-hybridized carbons (Fsp3) is 0.0741. The van der Waals surface area contributed by atoms with Gasteiger partial charge in [0.1, 0.15) is 10.9 Å². The number of hydrazone groups is 1. The summed E-state index contributed by atoms with van der Waals surface area (Å²) in [5, 5.41) is 11.1. The number of hydrogen-bond acceptors (Lipinski definition) is 4. The lowest BCUT2D eigenvalue weighted by atomic mass is 10.1. The SMILES string of the molecule is Cc1ccc2nc(Cl)c(C=NN3C(=O)C(=Cc4ccccc4Cl)NC3c3ccccc3)cc2c1. The first kappa shape index (κ1) is 22.1. The Morgan fingerprint density at radius 1 is 0.971 bits per heavy atom. The number of nitrogens with one attached hydrogen (secondary N) is 1. The minimum absolute atomic E-state index is 0.272. The summed E-state index contributed by atoms with van der Waals surface area (Å²) in [6.45, 7) is 2.02. The van der Waals surface area contributed by atoms with E-state index in [-0.39, 0.29) is 5.91 Å². The molecule has 0 saturated carbocycles. The lowest BCUT2D eigenvalue weighted by Gasteiger charge is -2.19. The molecule has 0 aliphatic carbocycles. The van der Waals surface area contributed by atoms with E-state index in [9.17, 15) is 4.79 Å². The molecule has 1 amide bonds. The number of halogens is 2. The number of nitrogens with zero attached hydrogens (tertiary/aromatic N) is 3. The van der Waals surface area contributed by atoms with E-state index in [1.165, 1.54) is 5.01 Å². The number of amides is 1. The minimum atomic E-state index is -0.479. The first-order chi connectivity index (χ1) is 16.5. The van der Waals surface area contributed by atoms with E-state index in [0.717, 1.165) is 27.6 Å². The third-order valence-electron chi connectivity index (χ3n) is 5.57. The van der Waals surface area contributed by atoms with E-state index in [2.05, 4.69) is 15.4 Å². The maximum atomic E-state index is 13.4. The van der Waals surface area contributed by atoms with Crippen molar-refractivity contribution in [3.8, 4) is 0 Å². The van der Waals surface area contributed by atoms with Crippen LogP contribution in [0.25, 0.3) is 17.0 Å². The van der Waals surface area contributed by atoms with Crippen LogP contribution >= 0.6 is 23.2 Å². The van der Waals surface area contributed by atoms with Crippen LogP contribution in [0, 0.1) is 6.92 Å². The summed E-state index contributed by atoms with van der Waals surface area (Å²) >= 11 is 12.7. The standard InChI is InChI=1S/C27H20Cl2N4O/c1-17-11-12-23-20(13-17)14-21(25(29)31-23)16-30-33-26(18-7-3-2-4-8-18)32-24(27(33)34)15-19-9-5-6-10-22(19)28/h2-16,26,32H,1H3. The van der Waals surface area contributed by atoms with Crippen molar-refractivity contribution in [3.63, 3.8) is 0 Å². The molecule has 7 heteroatoms. The van der Waals surface area contributed by atoms with Gasteiger partial charge in [0.05, 0.1) is 11.7 Å². The van der Waals surface area contributed by atoms with Crippen LogP contribution in [0.3, 0.4) is 0 Å². The molecule has 2 heterocycles. The van der Waals surface area contributed by atoms with Gasteiger partial charge in [0, 0.05) is 16.0 Å². The molecule has 5 rings (SSSR count). The second-order valence-corrected chi connectivity index (χ2v) is 8.76. The highest BCUT2D eigenvalue weighted by Gasteiger charge is 2.36. The highest BCUT2D eigenvalue weighted by Crippen LogP contribution is 2.30. The van der Waals surface area contributed by atoms with Crippen LogP contribution < -0.4 is 5.32 Å². The van der Waals surface area contributed by atoms with E-state index in [4.69, 9.17) is 23.2 Å². The lowest BCUT2D eigenvalue weighted by Crippen LogP contribution is -2.25. The Balaban J connectivity index is 1.53. The van der Waals surface area contributed by atoms with Crippen molar-refractivity contribution in [2.24, 2.45) is 5.10 Å². The third kappa shape index (κ3) is 4.40. The molecular formula is C27H20Cl2N4O. The average molecular weight is 487 g/mol. The molecule has 1 atom stereocenters. The van der Waals surface area contributed by atoms with Crippen LogP contribution in [0.1, 0.15) is 28.4 Å². The smallest absolute Gasteiger partial charge is 0.292 e. The summed E-state index contributed by atoms with van der Waals surface area (Å²) in [5.74, 6) is -0.272. The number of carbonyl (C=O) groups excluding carboxylic acids is 1. The Morgan fingerprint density at radius 2 is 1.74 bits per heavy atom. The van der Waals surface area contributed by atoms with Crippen LogP contribution in [0.2, 0.25) is 10.2 Å². The molecule has 34 heavy (non-hydrogen) atoms. The zero-order chi connectivity index (χ0) is 23.7. The van der Waals surface area contributed by atoms with Gasteiger partial charge in [0.15, 0.2) is 6.17 Å². The van der Waals surface area contributed by atoms with Gasteiger partial charge in [-0.15, -0.1) is 0 Å². The number of rotatable bonds is 4. The molecule has 1 aliphatic rings. The van der Waals surface area contributed by atoms with Crippen molar-refractivity contribution in [2.45, 2.75) is 13.1 Å². The van der Waals surface area contributed by atoms with E-state index in [1.807, 2.05) is 79.7 Å². The second-order valence-electron chi connectivity index (χ2n) is 8.00. The van der Waals surface area contributed by atoms with Gasteiger partial charge in [0.2, 0.25) is 0 Å². The van der Waals surface area contributed by atoms with Gasteiger partial charge in [-0.2, -0.15) is 5.10 Å². The van der Waals surface area contributed by atoms with Crippen molar-refractivity contribution in [3.05, 3.63) is 117 Å². The lowest BCUT2D eigenvalue weighted by molar-refractivity contribution is -0.126. The van der Waals surface area contributed by atoms with Crippen molar-refractivity contribution in [2.75, 3.05) is 0 Å². The predicted octanol–water partition coefficient (Wildman–Crippen LogP) is 6.36. The molecule has 5 nitrogen and oxygen atoms in total. The topological polar surface area (TPSA) is 57.6 Å². The van der Waals surface area contributed by atoms with Crippen LogP contribution in [0.5, 0.6) is 0 Å². The molecular weight excluding hydrogens is 467 g/mol. The zero-order valence-corrected chi connectivity index (χ0v) is 19.8. The fourth-order valence-corrected chi connectivity index (χ4v) is 4.23. The molecule has 168 valence electrons. The van der Waals surface area contributed by atoms with Crippen molar-refractivity contribution in [1.29, 1.82) is 0 Å². The van der Waals surface area contributed by atoms with Crippen molar-refractivity contribution in [1.82, 2.24) is 15.3 Å². The molecule has 0 bridgehead atoms. The highest BCUT2D eigenvalue weighted by molar-refractivity contribution is 6.32. The summed E-state index contributed by atoms with van der Waals surface area (Å²) in [6, 6.07) is 24.9. The van der Waals surface area contributed by atoms with E-state index in [1.54, 1.807) is 18.4 Å². The largest absolute Gasteiger partial charge is 0.355 e. The quantitative estimate of drug-likeness (QED) is 0.207. The normalized spacial score (nSPS) is 17.1. The molecule has 1 fully saturated rings. The number of benzene rings is 3. The first-order valence-electron chi connectivity index (χ1n) is 10.7. The Hall–Kier alpha value is -3.67. The number of aromatic nitrogens is 1. The zero-order valence-electron chi connectivity index (χ0n) is 18.2. The fourth-order valence-electron chi connectivity index (χ4n) is 3.84. The molecule has 0 spiro atoms. The van der Waals surface area contributed by atoms with Gasteiger partial charge in [0.25, 0.3) is 5.91 Å². The molecule has 3 aromatic carbocycles. The van der Waals surface area contributed by atoms with Crippen LogP contribution in [0.15, 0.2) is 89.7 Å². The van der Waals surface area contributed by atoms with Crippen LogP contribution in [-0.2, 0) is 4.79 Å². The molecule has 1 N–H and O–H groups in total. The highest BCUT2D eigenvalue weighted by atomic mass is 35.5. The van der Waals surface area contributed by atoms with Gasteiger partial charge in [-0.05, 0) is 48.4 Å². The van der Waals surface area contributed by atoms with Gasteiger partial charge < -0.3 is 5.32 Å². The summed E-state index contributed by atoms with van der Waals surface area (Å²) in [4.78, 5) is 17.8. The average Bonchev–Trinajstić information content (AvgIpc) is 3.15. The molecule has 1 aliphatic heterocycles. The maximum absolute atomic E-state index is 13.4. The summed E-state index contributed by atoms with van der Waals surface area (Å²) in [6.07, 6.45) is 2.84. The Labute approximate surface area is 207 Å². The summed E-state index contributed by atoms with van der Waals surface area (Å²) in [5.41, 5.74) is 4.60. The minimum Gasteiger partial charge on any atom is -0.355 e. The number of aryl methyl sites for hydroxylation is 1. The second kappa shape index (κ2) is 9.29. The molecule has 1 aromatic heterocycles. The first-order valence-corrected chi connectivity index (χ1v) is 11.5. The van der Waals surface area contributed by atoms with Gasteiger partial charge in [-0.25, -0.2) is 9.99 Å². The van der Waals surface area contributed by atoms with E-state index >= 15 is 0 Å². The summed E-state index contributed by atoms with van der Waals surface area (Å²) in [7, 11) is 0. The van der Waals surface area contributed by atoms with Crippen LogP contribution in [-0.4, -0.2) is 22.1 Å². The third-order valence-corrected chi connectivity index (χ3v) is 6.21. The van der Waals surface area contributed by atoms with Crippen molar-refractivity contribution < 1.29 is 4.79 Å². The van der Waals surface area contributed by atoms with Gasteiger partial charge in [-0.3, -0.25) is 4.79 Å². The van der Waals surface area contributed by atoms with Crippen LogP contribution in [0.4, 0.5) is 0 Å². The molecule has 0 radical (unpaired) electrons. The number of fused-ring (bicyclic) bond motifs is 1. The van der Waals surface area contributed by atoms with Crippen molar-refractivity contribution >= 4 is 52.3 Å². The Morgan fingerprint density at radius 3 is 2.53 bits per heavy atom. The van der Waals surface area contributed by atoms with E-state index in [0.29, 0.717) is 21.4 Å². The number of carbonyl (C=O) groups is 1. The maximum Gasteiger partial charge on any atom is 0.292 e. The molecule has 1 unspecified atom stereocenters. The Kier molecular flexibility index (Phi) is 6.05. The monoisotopic (exact) mass is 486 g/mol.